The summed E-state index contributed by atoms with van der Waals surface area (Å²) >= 11 is 0. The van der Waals surface area contributed by atoms with Crippen LogP contribution >= 0.6 is 9.24 Å². The summed E-state index contributed by atoms with van der Waals surface area (Å²) in [5.41, 5.74) is 3.17. The van der Waals surface area contributed by atoms with Crippen molar-refractivity contribution >= 4 is 20.2 Å². The predicted molar refractivity (Wildman–Crippen MR) is 87.5 cm³/mol. The molecule has 0 fully saturated rings. The lowest BCUT2D eigenvalue weighted by Crippen LogP contribution is -2.42. The molecule has 0 saturated heterocycles. The van der Waals surface area contributed by atoms with Crippen molar-refractivity contribution in [1.29, 1.82) is 0 Å². The fourth-order valence-corrected chi connectivity index (χ4v) is 2.64. The maximum atomic E-state index is 12.5. The summed E-state index contributed by atoms with van der Waals surface area (Å²) in [5.74, 6) is 0. The summed E-state index contributed by atoms with van der Waals surface area (Å²) in [4.78, 5) is 0. The van der Waals surface area contributed by atoms with E-state index in [1.54, 1.807) is 0 Å². The van der Waals surface area contributed by atoms with Gasteiger partial charge in [0, 0.05) is 12.1 Å². The lowest BCUT2D eigenvalue weighted by molar-refractivity contribution is 0.410. The number of hydrogen-bond donors (Lipinski definition) is 0. The van der Waals surface area contributed by atoms with Crippen molar-refractivity contribution in [1.82, 2.24) is 4.65 Å². The zero-order valence-corrected chi connectivity index (χ0v) is 12.6. The van der Waals surface area contributed by atoms with Crippen LogP contribution in [-0.2, 0) is 0 Å². The smallest absolute Gasteiger partial charge is 0.132 e. The molecule has 1 atom stereocenters. The average molecular weight is 273 g/mol. The molecule has 0 saturated carbocycles. The summed E-state index contributed by atoms with van der Waals surface area (Å²) in [6, 6.07) is 16.2. The van der Waals surface area contributed by atoms with E-state index in [4.69, 9.17) is 0 Å². The third-order valence-corrected chi connectivity index (χ3v) is 4.13. The van der Waals surface area contributed by atoms with Crippen molar-refractivity contribution in [2.45, 2.75) is 13.8 Å². The molecule has 0 amide bonds. The topological polar surface area (TPSA) is 23.1 Å². The molecule has 100 valence electrons. The Hall–Kier alpha value is -1.21. The lowest BCUT2D eigenvalue weighted by atomic mass is 10.1. The van der Waals surface area contributed by atoms with Crippen molar-refractivity contribution in [2.24, 2.45) is 0 Å². The summed E-state index contributed by atoms with van der Waals surface area (Å²) in [6.45, 7) is 5.00. The van der Waals surface area contributed by atoms with Crippen LogP contribution in [0, 0.1) is 5.21 Å². The minimum absolute atomic E-state index is 0.261. The molecular formula is C16H20NOP. The van der Waals surface area contributed by atoms with Gasteiger partial charge in [0.25, 0.3) is 0 Å². The highest BCUT2D eigenvalue weighted by molar-refractivity contribution is 7.28. The quantitative estimate of drug-likeness (QED) is 0.473. The molecule has 1 unspecified atom stereocenters. The number of hydrogen-bond acceptors (Lipinski definition) is 1. The van der Waals surface area contributed by atoms with Gasteiger partial charge in [-0.1, -0.05) is 24.3 Å². The first-order valence-electron chi connectivity index (χ1n) is 6.64. The van der Waals surface area contributed by atoms with Gasteiger partial charge in [0.2, 0.25) is 0 Å². The summed E-state index contributed by atoms with van der Waals surface area (Å²) in [7, 11) is 2.75. The number of benzene rings is 2. The molecule has 0 radical (unpaired) electrons. The van der Waals surface area contributed by atoms with Gasteiger partial charge in [-0.2, -0.15) is 0 Å². The maximum absolute atomic E-state index is 12.5. The minimum Gasteiger partial charge on any atom is -0.627 e. The molecule has 0 spiro atoms. The molecule has 0 aliphatic carbocycles. The van der Waals surface area contributed by atoms with Gasteiger partial charge in [0.15, 0.2) is 0 Å². The predicted octanol–water partition coefficient (Wildman–Crippen LogP) is 3.70. The fraction of sp³-hybridized carbons (Fsp3) is 0.250. The van der Waals surface area contributed by atoms with Gasteiger partial charge in [-0.25, -0.2) is 0 Å². The molecule has 0 heterocycles. The Labute approximate surface area is 117 Å². The van der Waals surface area contributed by atoms with E-state index in [0.717, 1.165) is 11.3 Å². The van der Waals surface area contributed by atoms with E-state index < -0.39 is 0 Å². The molecule has 0 aliphatic heterocycles. The lowest BCUT2D eigenvalue weighted by Gasteiger charge is -2.40. The number of nitrogens with zero attached hydrogens (tertiary/aromatic N) is 1. The van der Waals surface area contributed by atoms with E-state index in [-0.39, 0.29) is 4.65 Å². The molecule has 0 N–H and O–H groups in total. The van der Waals surface area contributed by atoms with Crippen LogP contribution in [0.4, 0.5) is 5.69 Å². The van der Waals surface area contributed by atoms with Crippen molar-refractivity contribution in [2.75, 3.05) is 13.1 Å². The molecule has 0 bridgehead atoms. The second kappa shape index (κ2) is 5.83. The molecule has 2 nitrogen and oxygen atoms in total. The highest BCUT2D eigenvalue weighted by Crippen LogP contribution is 2.26. The van der Waals surface area contributed by atoms with E-state index in [9.17, 15) is 5.21 Å². The van der Waals surface area contributed by atoms with Crippen LogP contribution < -0.4 is 9.95 Å². The molecule has 2 aromatic carbocycles. The standard InChI is InChI=1S/C16H20NOP/c1-3-17(18,4-2)14-11-9-13(10-12-14)15-7-5-6-8-16(15)19/h5-12H,3-4,19H2,1-2H3. The Morgan fingerprint density at radius 2 is 1.53 bits per heavy atom. The molecule has 3 heteroatoms. The first-order valence-corrected chi connectivity index (χ1v) is 7.22. The van der Waals surface area contributed by atoms with Crippen molar-refractivity contribution in [3.8, 4) is 11.1 Å². The molecule has 0 aromatic heterocycles. The third kappa shape index (κ3) is 2.87. The Kier molecular flexibility index (Phi) is 4.36. The van der Waals surface area contributed by atoms with Crippen LogP contribution in [0.5, 0.6) is 0 Å². The van der Waals surface area contributed by atoms with Crippen molar-refractivity contribution < 1.29 is 0 Å². The first kappa shape index (κ1) is 14.2. The summed E-state index contributed by atoms with van der Waals surface area (Å²) in [6.07, 6.45) is 0. The first-order chi connectivity index (χ1) is 9.10. The molecule has 2 rings (SSSR count). The van der Waals surface area contributed by atoms with Crippen LogP contribution in [0.1, 0.15) is 13.8 Å². The van der Waals surface area contributed by atoms with Crippen LogP contribution in [-0.4, -0.2) is 13.1 Å². The van der Waals surface area contributed by atoms with Gasteiger partial charge in [0.1, 0.15) is 5.69 Å². The SMILES string of the molecule is CC[N+]([O-])(CC)c1ccc(-c2ccccc2P)cc1. The molecular weight excluding hydrogens is 253 g/mol. The number of quaternary nitrogens is 1. The van der Waals surface area contributed by atoms with Crippen molar-refractivity contribution in [3.63, 3.8) is 0 Å². The van der Waals surface area contributed by atoms with Gasteiger partial charge >= 0.3 is 0 Å². The zero-order chi connectivity index (χ0) is 13.9. The molecule has 19 heavy (non-hydrogen) atoms. The van der Waals surface area contributed by atoms with Gasteiger partial charge in [0.05, 0.1) is 13.1 Å². The van der Waals surface area contributed by atoms with Crippen LogP contribution in [0.2, 0.25) is 0 Å². The Morgan fingerprint density at radius 3 is 2.05 bits per heavy atom. The van der Waals surface area contributed by atoms with Gasteiger partial charge in [-0.3, -0.25) is 0 Å². The van der Waals surface area contributed by atoms with Crippen LogP contribution in [0.15, 0.2) is 48.5 Å². The normalized spacial score (nSPS) is 11.6. The summed E-state index contributed by atoms with van der Waals surface area (Å²) < 4.78 is -0.261. The third-order valence-electron chi connectivity index (χ3n) is 3.63. The van der Waals surface area contributed by atoms with E-state index in [2.05, 4.69) is 21.4 Å². The second-order valence-corrected chi connectivity index (χ2v) is 5.28. The van der Waals surface area contributed by atoms with Gasteiger partial charge in [-0.05, 0) is 42.4 Å². The van der Waals surface area contributed by atoms with E-state index in [1.165, 1.54) is 10.9 Å². The average Bonchev–Trinajstić information content (AvgIpc) is 2.47. The second-order valence-electron chi connectivity index (χ2n) is 4.66. The van der Waals surface area contributed by atoms with E-state index in [1.807, 2.05) is 50.2 Å². The number of hydroxylamine groups is 2. The fourth-order valence-electron chi connectivity index (χ4n) is 2.26. The Balaban J connectivity index is 2.37. The highest BCUT2D eigenvalue weighted by Gasteiger charge is 2.15. The van der Waals surface area contributed by atoms with E-state index in [0.29, 0.717) is 13.1 Å². The maximum Gasteiger partial charge on any atom is 0.132 e. The Bertz CT molecular complexity index is 547. The van der Waals surface area contributed by atoms with Gasteiger partial charge in [-0.15, -0.1) is 9.24 Å². The largest absolute Gasteiger partial charge is 0.627 e. The summed E-state index contributed by atoms with van der Waals surface area (Å²) in [5, 5.41) is 13.7. The highest BCUT2D eigenvalue weighted by atomic mass is 31.0. The van der Waals surface area contributed by atoms with Crippen molar-refractivity contribution in [3.05, 3.63) is 53.7 Å². The number of rotatable bonds is 4. The van der Waals surface area contributed by atoms with Crippen LogP contribution in [0.3, 0.4) is 0 Å². The molecule has 2 aromatic rings. The van der Waals surface area contributed by atoms with Crippen LogP contribution in [0.25, 0.3) is 11.1 Å². The Morgan fingerprint density at radius 1 is 0.947 bits per heavy atom. The molecule has 0 aliphatic rings. The van der Waals surface area contributed by atoms with E-state index >= 15 is 0 Å². The van der Waals surface area contributed by atoms with Gasteiger partial charge < -0.3 is 9.85 Å². The minimum atomic E-state index is -0.261. The zero-order valence-electron chi connectivity index (χ0n) is 11.5. The monoisotopic (exact) mass is 273 g/mol.